The van der Waals surface area contributed by atoms with Gasteiger partial charge in [0.05, 0.1) is 39.9 Å². The van der Waals surface area contributed by atoms with Crippen LogP contribution in [-0.2, 0) is 18.4 Å². The van der Waals surface area contributed by atoms with E-state index >= 15 is 0 Å². The normalized spacial score (nSPS) is 14.3. The Morgan fingerprint density at radius 1 is 0.515 bits per heavy atom. The van der Waals surface area contributed by atoms with E-state index in [0.717, 1.165) is 64.2 Å². The fourth-order valence-corrected chi connectivity index (χ4v) is 8.79. The number of carbonyl (C=O) groups is 1. The minimum absolute atomic E-state index is 0.0112. The number of rotatable bonds is 51. The van der Waals surface area contributed by atoms with E-state index in [0.29, 0.717) is 17.4 Å². The molecule has 0 rings (SSSR count). The number of allylic oxidation sites excluding steroid dienone is 7. The molecule has 0 bridgehead atoms. The molecule has 0 heterocycles. The number of aliphatic hydroxyl groups is 1. The first kappa shape index (κ1) is 64.5. The van der Waals surface area contributed by atoms with Crippen molar-refractivity contribution in [2.24, 2.45) is 0 Å². The molecule has 0 aliphatic carbocycles. The van der Waals surface area contributed by atoms with Gasteiger partial charge in [0.15, 0.2) is 0 Å². The van der Waals surface area contributed by atoms with Gasteiger partial charge >= 0.3 is 0 Å². The Labute approximate surface area is 409 Å². The number of unbranched alkanes of at least 4 members (excludes halogenated alkanes) is 32. The first-order valence-electron chi connectivity index (χ1n) is 28.0. The van der Waals surface area contributed by atoms with Crippen LogP contribution in [0.2, 0.25) is 0 Å². The maximum Gasteiger partial charge on any atom is 0.268 e. The van der Waals surface area contributed by atoms with Gasteiger partial charge in [-0.15, -0.1) is 0 Å². The van der Waals surface area contributed by atoms with Gasteiger partial charge < -0.3 is 28.8 Å². The molecule has 66 heavy (non-hydrogen) atoms. The second kappa shape index (κ2) is 48.5. The number of carbonyl (C=O) groups excluding carboxylic acids is 1. The average Bonchev–Trinajstić information content (AvgIpc) is 3.28. The van der Waals surface area contributed by atoms with Gasteiger partial charge in [0.25, 0.3) is 7.82 Å². The number of phosphoric acid groups is 1. The van der Waals surface area contributed by atoms with Crippen LogP contribution < -0.4 is 10.2 Å². The van der Waals surface area contributed by atoms with Crippen molar-refractivity contribution in [1.82, 2.24) is 5.32 Å². The Morgan fingerprint density at radius 3 is 1.23 bits per heavy atom. The summed E-state index contributed by atoms with van der Waals surface area (Å²) in [6, 6.07) is -0.915. The first-order chi connectivity index (χ1) is 32.0. The van der Waals surface area contributed by atoms with E-state index in [1.54, 1.807) is 6.08 Å². The minimum atomic E-state index is -4.61. The second-order valence-corrected chi connectivity index (χ2v) is 21.7. The molecule has 9 heteroatoms. The summed E-state index contributed by atoms with van der Waals surface area (Å²) in [5.74, 6) is -0.220. The third kappa shape index (κ3) is 50.3. The quantitative estimate of drug-likeness (QED) is 0.0272. The molecular weight excluding hydrogens is 840 g/mol. The lowest BCUT2D eigenvalue weighted by atomic mass is 10.0. The Bertz CT molecular complexity index is 1210. The number of nitrogens with one attached hydrogen (secondary N) is 1. The smallest absolute Gasteiger partial charge is 0.268 e. The van der Waals surface area contributed by atoms with Crippen molar-refractivity contribution in [3.05, 3.63) is 48.6 Å². The summed E-state index contributed by atoms with van der Waals surface area (Å²) in [4.78, 5) is 25.4. The van der Waals surface area contributed by atoms with Crippen LogP contribution in [0.1, 0.15) is 258 Å². The van der Waals surface area contributed by atoms with Gasteiger partial charge in [-0.3, -0.25) is 9.36 Å². The first-order valence-corrected chi connectivity index (χ1v) is 29.5. The summed E-state index contributed by atoms with van der Waals surface area (Å²) < 4.78 is 23.3. The molecule has 3 atom stereocenters. The predicted molar refractivity (Wildman–Crippen MR) is 284 cm³/mol. The van der Waals surface area contributed by atoms with Crippen molar-refractivity contribution in [3.63, 3.8) is 0 Å². The number of aliphatic hydroxyl groups excluding tert-OH is 1. The van der Waals surface area contributed by atoms with Gasteiger partial charge in [-0.2, -0.15) is 0 Å². The van der Waals surface area contributed by atoms with Crippen molar-refractivity contribution >= 4 is 13.7 Å². The van der Waals surface area contributed by atoms with E-state index in [-0.39, 0.29) is 12.5 Å². The molecule has 0 aliphatic rings. The molecule has 2 N–H and O–H groups in total. The summed E-state index contributed by atoms with van der Waals surface area (Å²) in [6.45, 7) is 4.62. The third-order valence-electron chi connectivity index (χ3n) is 12.5. The summed E-state index contributed by atoms with van der Waals surface area (Å²) in [5.41, 5.74) is 0. The summed E-state index contributed by atoms with van der Waals surface area (Å²) >= 11 is 0. The van der Waals surface area contributed by atoms with Crippen LogP contribution >= 0.6 is 7.82 Å². The molecule has 388 valence electrons. The molecule has 8 nitrogen and oxygen atoms in total. The number of phosphoric ester groups is 1. The Hall–Kier alpha value is -1.54. The lowest BCUT2D eigenvalue weighted by Gasteiger charge is -2.29. The molecule has 1 amide bonds. The van der Waals surface area contributed by atoms with E-state index < -0.39 is 26.6 Å². The topological polar surface area (TPSA) is 108 Å². The largest absolute Gasteiger partial charge is 0.756 e. The van der Waals surface area contributed by atoms with Gasteiger partial charge in [0.2, 0.25) is 5.91 Å². The van der Waals surface area contributed by atoms with Crippen LogP contribution in [-0.4, -0.2) is 68.5 Å². The highest BCUT2D eigenvalue weighted by Crippen LogP contribution is 2.38. The number of hydrogen-bond acceptors (Lipinski definition) is 6. The van der Waals surface area contributed by atoms with E-state index in [4.69, 9.17) is 9.05 Å². The summed E-state index contributed by atoms with van der Waals surface area (Å²) in [6.07, 6.45) is 63.4. The van der Waals surface area contributed by atoms with Crippen LogP contribution in [0.3, 0.4) is 0 Å². The van der Waals surface area contributed by atoms with Crippen LogP contribution in [0.4, 0.5) is 0 Å². The molecule has 0 saturated heterocycles. The monoisotopic (exact) mass is 949 g/mol. The summed E-state index contributed by atoms with van der Waals surface area (Å²) in [5, 5.41) is 13.8. The average molecular weight is 949 g/mol. The molecule has 0 spiro atoms. The zero-order valence-corrected chi connectivity index (χ0v) is 45.0. The maximum atomic E-state index is 12.9. The highest BCUT2D eigenvalue weighted by molar-refractivity contribution is 7.45. The molecule has 0 radical (unpaired) electrons. The van der Waals surface area contributed by atoms with Gasteiger partial charge in [-0.1, -0.05) is 229 Å². The molecule has 0 saturated carbocycles. The lowest BCUT2D eigenvalue weighted by Crippen LogP contribution is -2.45. The van der Waals surface area contributed by atoms with Gasteiger partial charge in [0, 0.05) is 6.42 Å². The van der Waals surface area contributed by atoms with Crippen LogP contribution in [0.25, 0.3) is 0 Å². The van der Waals surface area contributed by atoms with E-state index in [1.165, 1.54) is 173 Å². The molecule has 0 aromatic heterocycles. The fourth-order valence-electron chi connectivity index (χ4n) is 8.06. The van der Waals surface area contributed by atoms with Crippen LogP contribution in [0.5, 0.6) is 0 Å². The predicted octanol–water partition coefficient (Wildman–Crippen LogP) is 16.1. The van der Waals surface area contributed by atoms with Crippen molar-refractivity contribution in [1.29, 1.82) is 0 Å². The van der Waals surface area contributed by atoms with E-state index in [2.05, 4.69) is 55.6 Å². The zero-order chi connectivity index (χ0) is 48.5. The highest BCUT2D eigenvalue weighted by atomic mass is 31.2. The second-order valence-electron chi connectivity index (χ2n) is 20.3. The van der Waals surface area contributed by atoms with E-state index in [9.17, 15) is 19.4 Å². The minimum Gasteiger partial charge on any atom is -0.756 e. The van der Waals surface area contributed by atoms with Crippen molar-refractivity contribution < 1.29 is 32.9 Å². The number of amides is 1. The standard InChI is InChI=1S/C57H109N2O6P/c1-6-8-10-12-14-16-18-20-22-23-24-25-26-27-28-29-30-31-32-33-34-35-37-38-40-42-44-46-48-50-56(60)55(54-65-66(62,63)64-53-52-59(3,4)5)58-57(61)51-49-47-45-43-41-39-36-21-19-17-15-13-11-9-7-2/h21,34-36,40,42,48,50,55-56,60H,6-20,22-33,37-39,41,43-47,49,51-54H2,1-5H3,(H-,58,61,62,63)/b35-34+,36-21-,42-40+,50-48+. The van der Waals surface area contributed by atoms with Gasteiger partial charge in [0.1, 0.15) is 13.2 Å². The van der Waals surface area contributed by atoms with E-state index in [1.807, 2.05) is 27.2 Å². The number of nitrogens with zero attached hydrogens (tertiary/aromatic N) is 1. The number of quaternary nitrogens is 1. The highest BCUT2D eigenvalue weighted by Gasteiger charge is 2.23. The lowest BCUT2D eigenvalue weighted by molar-refractivity contribution is -0.870. The molecular formula is C57H109N2O6P. The van der Waals surface area contributed by atoms with Crippen molar-refractivity contribution in [3.8, 4) is 0 Å². The van der Waals surface area contributed by atoms with Gasteiger partial charge in [-0.05, 0) is 70.6 Å². The number of hydrogen-bond donors (Lipinski definition) is 2. The Morgan fingerprint density at radius 2 is 0.848 bits per heavy atom. The Kier molecular flexibility index (Phi) is 47.4. The fraction of sp³-hybridized carbons (Fsp3) is 0.842. The molecule has 3 unspecified atom stereocenters. The van der Waals surface area contributed by atoms with Crippen molar-refractivity contribution in [2.45, 2.75) is 270 Å². The Balaban J connectivity index is 4.25. The van der Waals surface area contributed by atoms with Crippen molar-refractivity contribution in [2.75, 3.05) is 40.9 Å². The maximum absolute atomic E-state index is 12.9. The van der Waals surface area contributed by atoms with Crippen LogP contribution in [0, 0.1) is 0 Å². The third-order valence-corrected chi connectivity index (χ3v) is 13.5. The molecule has 0 aromatic rings. The van der Waals surface area contributed by atoms with Gasteiger partial charge in [-0.25, -0.2) is 0 Å². The molecule has 0 aromatic carbocycles. The summed E-state index contributed by atoms with van der Waals surface area (Å²) in [7, 11) is 1.23. The molecule has 0 fully saturated rings. The molecule has 0 aliphatic heterocycles. The number of likely N-dealkylation sites (N-methyl/N-ethyl adjacent to an activating group) is 1. The SMILES string of the molecule is CCCCCCCC/C=C\CCCCCCCC(=O)NC(COP(=O)([O-])OCC[N+](C)(C)C)C(O)/C=C/CC/C=C/CC/C=C/CCCCCCCCCCCCCCCCCCCCC. The zero-order valence-electron chi connectivity index (χ0n) is 44.1. The van der Waals surface area contributed by atoms with Crippen LogP contribution in [0.15, 0.2) is 48.6 Å².